The number of cyclic esters (lactones) is 1. The van der Waals surface area contributed by atoms with Crippen LogP contribution in [0.5, 0.6) is 0 Å². The number of ether oxygens (including phenoxy) is 1. The van der Waals surface area contributed by atoms with Gasteiger partial charge in [-0.25, -0.2) is 4.79 Å². The zero-order valence-corrected chi connectivity index (χ0v) is 11.3. The fraction of sp³-hybridized carbons (Fsp3) is 0.417. The van der Waals surface area contributed by atoms with Gasteiger partial charge in [0.25, 0.3) is 10.1 Å². The summed E-state index contributed by atoms with van der Waals surface area (Å²) in [5.74, 6) is 0. The monoisotopic (exact) mass is 285 g/mol. The van der Waals surface area contributed by atoms with E-state index in [4.69, 9.17) is 8.92 Å². The number of carbonyl (C=O) groups is 1. The van der Waals surface area contributed by atoms with Gasteiger partial charge in [-0.15, -0.1) is 0 Å². The van der Waals surface area contributed by atoms with Gasteiger partial charge in [0.1, 0.15) is 6.61 Å². The highest BCUT2D eigenvalue weighted by molar-refractivity contribution is 7.86. The predicted octanol–water partition coefficient (Wildman–Crippen LogP) is 1.20. The fourth-order valence-corrected chi connectivity index (χ4v) is 2.58. The molecule has 0 unspecified atom stereocenters. The second kappa shape index (κ2) is 5.58. The Balaban J connectivity index is 1.87. The zero-order valence-electron chi connectivity index (χ0n) is 10.5. The summed E-state index contributed by atoms with van der Waals surface area (Å²) in [5.41, 5.74) is 0.977. The Morgan fingerprint density at radius 2 is 2.05 bits per heavy atom. The van der Waals surface area contributed by atoms with Crippen molar-refractivity contribution in [2.75, 3.05) is 13.2 Å². The van der Waals surface area contributed by atoms with Crippen molar-refractivity contribution in [1.29, 1.82) is 0 Å². The summed E-state index contributed by atoms with van der Waals surface area (Å²) in [4.78, 5) is 10.9. The van der Waals surface area contributed by atoms with Gasteiger partial charge in [-0.05, 0) is 25.5 Å². The average Bonchev–Trinajstić information content (AvgIpc) is 2.75. The van der Waals surface area contributed by atoms with E-state index in [0.29, 0.717) is 6.42 Å². The van der Waals surface area contributed by atoms with Crippen molar-refractivity contribution < 1.29 is 22.1 Å². The Morgan fingerprint density at radius 1 is 1.37 bits per heavy atom. The Kier molecular flexibility index (Phi) is 4.06. The first-order chi connectivity index (χ1) is 8.97. The lowest BCUT2D eigenvalue weighted by molar-refractivity contribution is 0.175. The summed E-state index contributed by atoms with van der Waals surface area (Å²) in [6.45, 7) is 2.12. The number of amides is 1. The van der Waals surface area contributed by atoms with Gasteiger partial charge < -0.3 is 10.1 Å². The second-order valence-electron chi connectivity index (χ2n) is 4.32. The molecule has 1 atom stereocenters. The highest BCUT2D eigenvalue weighted by Gasteiger charge is 2.23. The number of benzene rings is 1. The summed E-state index contributed by atoms with van der Waals surface area (Å²) < 4.78 is 33.3. The molecule has 0 aliphatic carbocycles. The number of hydrogen-bond acceptors (Lipinski definition) is 5. The van der Waals surface area contributed by atoms with Crippen molar-refractivity contribution in [3.05, 3.63) is 29.8 Å². The van der Waals surface area contributed by atoms with Crippen molar-refractivity contribution in [2.24, 2.45) is 0 Å². The van der Waals surface area contributed by atoms with E-state index in [0.717, 1.165) is 5.56 Å². The maximum absolute atomic E-state index is 11.8. The largest absolute Gasteiger partial charge is 0.447 e. The molecule has 1 saturated heterocycles. The zero-order chi connectivity index (χ0) is 13.9. The molecule has 0 saturated carbocycles. The number of rotatable bonds is 5. The summed E-state index contributed by atoms with van der Waals surface area (Å²) in [5, 5.41) is 2.55. The van der Waals surface area contributed by atoms with E-state index in [-0.39, 0.29) is 24.2 Å². The predicted molar refractivity (Wildman–Crippen MR) is 67.2 cm³/mol. The molecule has 2 rings (SSSR count). The van der Waals surface area contributed by atoms with Gasteiger partial charge in [-0.1, -0.05) is 17.7 Å². The van der Waals surface area contributed by atoms with Gasteiger partial charge in [-0.3, -0.25) is 4.18 Å². The molecule has 6 nitrogen and oxygen atoms in total. The first-order valence-corrected chi connectivity index (χ1v) is 7.27. The summed E-state index contributed by atoms with van der Waals surface area (Å²) in [7, 11) is -3.74. The highest BCUT2D eigenvalue weighted by Crippen LogP contribution is 2.14. The fourth-order valence-electron chi connectivity index (χ4n) is 1.65. The van der Waals surface area contributed by atoms with Crippen LogP contribution < -0.4 is 5.32 Å². The van der Waals surface area contributed by atoms with Crippen LogP contribution in [0.15, 0.2) is 29.2 Å². The SMILES string of the molecule is Cc1ccc(S(=O)(=O)OCC[C@H]2COC(=O)N2)cc1. The normalized spacial score (nSPS) is 19.0. The molecule has 1 N–H and O–H groups in total. The summed E-state index contributed by atoms with van der Waals surface area (Å²) in [6.07, 6.45) is -0.0944. The minimum atomic E-state index is -3.74. The maximum atomic E-state index is 11.8. The van der Waals surface area contributed by atoms with Crippen molar-refractivity contribution in [1.82, 2.24) is 5.32 Å². The lowest BCUT2D eigenvalue weighted by atomic mass is 10.2. The quantitative estimate of drug-likeness (QED) is 0.822. The van der Waals surface area contributed by atoms with Crippen LogP contribution in [0.2, 0.25) is 0 Å². The van der Waals surface area contributed by atoms with Crippen molar-refractivity contribution in [3.8, 4) is 0 Å². The Morgan fingerprint density at radius 3 is 2.63 bits per heavy atom. The first kappa shape index (κ1) is 13.8. The molecule has 0 bridgehead atoms. The third-order valence-electron chi connectivity index (χ3n) is 2.75. The number of carbonyl (C=O) groups excluding carboxylic acids is 1. The van der Waals surface area contributed by atoms with E-state index in [2.05, 4.69) is 5.32 Å². The number of aryl methyl sites for hydroxylation is 1. The standard InChI is InChI=1S/C12H15NO5S/c1-9-2-4-11(5-3-9)19(15,16)18-7-6-10-8-17-12(14)13-10/h2-5,10H,6-8H2,1H3,(H,13,14)/t10-/m0/s1. The third-order valence-corrected chi connectivity index (χ3v) is 4.08. The second-order valence-corrected chi connectivity index (χ2v) is 5.93. The van der Waals surface area contributed by atoms with Gasteiger partial charge >= 0.3 is 6.09 Å². The molecule has 0 radical (unpaired) electrons. The van der Waals surface area contributed by atoms with Gasteiger partial charge in [0, 0.05) is 0 Å². The number of nitrogens with one attached hydrogen (secondary N) is 1. The maximum Gasteiger partial charge on any atom is 0.407 e. The molecule has 1 fully saturated rings. The smallest absolute Gasteiger partial charge is 0.407 e. The van der Waals surface area contributed by atoms with Crippen LogP contribution in [0, 0.1) is 6.92 Å². The van der Waals surface area contributed by atoms with Crippen LogP contribution in [0.1, 0.15) is 12.0 Å². The van der Waals surface area contributed by atoms with E-state index >= 15 is 0 Å². The van der Waals surface area contributed by atoms with Crippen molar-refractivity contribution >= 4 is 16.2 Å². The summed E-state index contributed by atoms with van der Waals surface area (Å²) >= 11 is 0. The first-order valence-electron chi connectivity index (χ1n) is 5.87. The lowest BCUT2D eigenvalue weighted by Crippen LogP contribution is -2.27. The van der Waals surface area contributed by atoms with Crippen LogP contribution in [0.4, 0.5) is 4.79 Å². The van der Waals surface area contributed by atoms with Crippen LogP contribution in [-0.2, 0) is 19.0 Å². The Bertz CT molecular complexity index is 552. The number of hydrogen-bond donors (Lipinski definition) is 1. The van der Waals surface area contributed by atoms with Crippen LogP contribution in [0.25, 0.3) is 0 Å². The Labute approximate surface area is 111 Å². The topological polar surface area (TPSA) is 81.7 Å². The highest BCUT2D eigenvalue weighted by atomic mass is 32.2. The molecule has 1 amide bonds. The molecular weight excluding hydrogens is 270 g/mol. The molecule has 0 aromatic heterocycles. The molecule has 19 heavy (non-hydrogen) atoms. The van der Waals surface area contributed by atoms with Crippen LogP contribution in [-0.4, -0.2) is 33.8 Å². The van der Waals surface area contributed by atoms with Gasteiger partial charge in [0.15, 0.2) is 0 Å². The lowest BCUT2D eigenvalue weighted by Gasteiger charge is -2.08. The van der Waals surface area contributed by atoms with Crippen molar-refractivity contribution in [3.63, 3.8) is 0 Å². The molecule has 1 aliphatic heterocycles. The number of alkyl carbamates (subject to hydrolysis) is 1. The molecule has 104 valence electrons. The van der Waals surface area contributed by atoms with E-state index < -0.39 is 16.2 Å². The molecule has 1 heterocycles. The van der Waals surface area contributed by atoms with Gasteiger partial charge in [0.05, 0.1) is 17.5 Å². The third kappa shape index (κ3) is 3.68. The molecule has 1 aromatic rings. The molecule has 0 spiro atoms. The molecule has 7 heteroatoms. The Hall–Kier alpha value is -1.60. The minimum absolute atomic E-state index is 0.00448. The van der Waals surface area contributed by atoms with Gasteiger partial charge in [0.2, 0.25) is 0 Å². The van der Waals surface area contributed by atoms with Crippen LogP contribution in [0.3, 0.4) is 0 Å². The average molecular weight is 285 g/mol. The van der Waals surface area contributed by atoms with E-state index in [1.807, 2.05) is 6.92 Å². The molecule has 1 aromatic carbocycles. The van der Waals surface area contributed by atoms with E-state index in [1.165, 1.54) is 12.1 Å². The van der Waals surface area contributed by atoms with Gasteiger partial charge in [-0.2, -0.15) is 8.42 Å². The molecule has 1 aliphatic rings. The van der Waals surface area contributed by atoms with E-state index in [9.17, 15) is 13.2 Å². The summed E-state index contributed by atoms with van der Waals surface area (Å²) in [6, 6.07) is 6.24. The van der Waals surface area contributed by atoms with Crippen molar-refractivity contribution in [2.45, 2.75) is 24.3 Å². The molecular formula is C12H15NO5S. The van der Waals surface area contributed by atoms with Crippen LogP contribution >= 0.6 is 0 Å². The van der Waals surface area contributed by atoms with E-state index in [1.54, 1.807) is 12.1 Å². The minimum Gasteiger partial charge on any atom is -0.447 e.